The molecule has 0 saturated carbocycles. The lowest BCUT2D eigenvalue weighted by Crippen LogP contribution is -2.33. The molecule has 1 aliphatic rings. The Hall–Kier alpha value is -2.54. The molecule has 1 N–H and O–H groups in total. The van der Waals surface area contributed by atoms with Gasteiger partial charge in [0.05, 0.1) is 41.5 Å². The van der Waals surface area contributed by atoms with E-state index in [1.807, 2.05) is 13.8 Å². The highest BCUT2D eigenvalue weighted by atomic mass is 35.5. The van der Waals surface area contributed by atoms with Crippen LogP contribution < -0.4 is 4.74 Å². The summed E-state index contributed by atoms with van der Waals surface area (Å²) in [6.07, 6.45) is -0.0299. The normalized spacial score (nSPS) is 18.1. The highest BCUT2D eigenvalue weighted by Crippen LogP contribution is 2.42. The van der Waals surface area contributed by atoms with Gasteiger partial charge < -0.3 is 19.5 Å². The van der Waals surface area contributed by atoms with Crippen molar-refractivity contribution >= 4 is 40.7 Å². The number of halogens is 2. The second-order valence-corrected chi connectivity index (χ2v) is 8.10. The fourth-order valence-corrected chi connectivity index (χ4v) is 3.81. The van der Waals surface area contributed by atoms with Crippen LogP contribution in [0.2, 0.25) is 10.0 Å². The monoisotopic (exact) mass is 463 g/mol. The average molecular weight is 464 g/mol. The Morgan fingerprint density at radius 2 is 1.84 bits per heavy atom. The number of ether oxygens (including phenoxy) is 2. The number of nitrogens with zero attached hydrogens (tertiary/aromatic N) is 1. The summed E-state index contributed by atoms with van der Waals surface area (Å²) >= 11 is 12.1. The Balaban J connectivity index is 2.16. The van der Waals surface area contributed by atoms with E-state index >= 15 is 0 Å². The molecular weight excluding hydrogens is 441 g/mol. The molecule has 0 aromatic heterocycles. The smallest absolute Gasteiger partial charge is 0.295 e. The summed E-state index contributed by atoms with van der Waals surface area (Å²) in [6.45, 7) is 4.18. The molecule has 8 heteroatoms. The van der Waals surface area contributed by atoms with Crippen molar-refractivity contribution in [3.05, 3.63) is 69.2 Å². The van der Waals surface area contributed by atoms with Gasteiger partial charge in [0.2, 0.25) is 0 Å². The molecule has 6 nitrogen and oxygen atoms in total. The highest BCUT2D eigenvalue weighted by Gasteiger charge is 2.46. The zero-order valence-electron chi connectivity index (χ0n) is 17.4. The van der Waals surface area contributed by atoms with Gasteiger partial charge in [0.1, 0.15) is 11.5 Å². The van der Waals surface area contributed by atoms with Crippen LogP contribution in [-0.4, -0.2) is 48.1 Å². The minimum atomic E-state index is -0.846. The molecule has 1 heterocycles. The number of para-hydroxylation sites is 1. The predicted octanol–water partition coefficient (Wildman–Crippen LogP) is 4.85. The molecule has 0 bridgehead atoms. The van der Waals surface area contributed by atoms with Crippen molar-refractivity contribution in [3.63, 3.8) is 0 Å². The molecular formula is C23H23Cl2NO5. The largest absolute Gasteiger partial charge is 0.507 e. The third-order valence-corrected chi connectivity index (χ3v) is 5.69. The van der Waals surface area contributed by atoms with Crippen LogP contribution in [-0.2, 0) is 14.3 Å². The van der Waals surface area contributed by atoms with E-state index < -0.39 is 17.7 Å². The van der Waals surface area contributed by atoms with E-state index in [9.17, 15) is 14.7 Å². The Kier molecular flexibility index (Phi) is 7.26. The van der Waals surface area contributed by atoms with Crippen LogP contribution >= 0.6 is 23.2 Å². The summed E-state index contributed by atoms with van der Waals surface area (Å²) in [7, 11) is 1.51. The number of methoxy groups -OCH3 is 1. The van der Waals surface area contributed by atoms with Crippen LogP contribution in [0.1, 0.15) is 31.0 Å². The Morgan fingerprint density at radius 1 is 1.13 bits per heavy atom. The van der Waals surface area contributed by atoms with Crippen molar-refractivity contribution in [1.29, 1.82) is 0 Å². The lowest BCUT2D eigenvalue weighted by molar-refractivity contribution is -0.140. The molecule has 164 valence electrons. The summed E-state index contributed by atoms with van der Waals surface area (Å²) in [4.78, 5) is 27.3. The number of amides is 1. The summed E-state index contributed by atoms with van der Waals surface area (Å²) in [5, 5.41) is 11.6. The first-order valence-corrected chi connectivity index (χ1v) is 10.5. The van der Waals surface area contributed by atoms with Crippen molar-refractivity contribution < 1.29 is 24.2 Å². The molecule has 2 aromatic carbocycles. The molecule has 31 heavy (non-hydrogen) atoms. The topological polar surface area (TPSA) is 76.1 Å². The van der Waals surface area contributed by atoms with E-state index in [1.165, 1.54) is 30.2 Å². The molecule has 1 fully saturated rings. The Morgan fingerprint density at radius 3 is 2.48 bits per heavy atom. The Bertz CT molecular complexity index is 1030. The number of Topliss-reactive ketones (excluding diaryl/α,β-unsaturated/α-hetero) is 1. The van der Waals surface area contributed by atoms with Crippen LogP contribution in [0.3, 0.4) is 0 Å². The first-order valence-electron chi connectivity index (χ1n) is 9.74. The molecule has 0 aliphatic carbocycles. The predicted molar refractivity (Wildman–Crippen MR) is 120 cm³/mol. The van der Waals surface area contributed by atoms with Gasteiger partial charge in [0.15, 0.2) is 0 Å². The summed E-state index contributed by atoms with van der Waals surface area (Å²) < 4.78 is 11.1. The van der Waals surface area contributed by atoms with E-state index in [1.54, 1.807) is 24.3 Å². The lowest BCUT2D eigenvalue weighted by atomic mass is 9.94. The van der Waals surface area contributed by atoms with Crippen molar-refractivity contribution in [2.24, 2.45) is 0 Å². The quantitative estimate of drug-likeness (QED) is 0.360. The van der Waals surface area contributed by atoms with E-state index in [0.717, 1.165) is 0 Å². The van der Waals surface area contributed by atoms with Gasteiger partial charge in [-0.15, -0.1) is 0 Å². The molecule has 2 aromatic rings. The lowest BCUT2D eigenvalue weighted by Gasteiger charge is -2.26. The van der Waals surface area contributed by atoms with E-state index in [0.29, 0.717) is 16.3 Å². The van der Waals surface area contributed by atoms with Gasteiger partial charge in [0.25, 0.3) is 11.7 Å². The number of carbonyl (C=O) groups is 2. The van der Waals surface area contributed by atoms with Crippen LogP contribution in [0.25, 0.3) is 5.76 Å². The van der Waals surface area contributed by atoms with Gasteiger partial charge in [-0.1, -0.05) is 41.4 Å². The fourth-order valence-electron chi connectivity index (χ4n) is 3.51. The van der Waals surface area contributed by atoms with Crippen LogP contribution in [0.4, 0.5) is 0 Å². The first kappa shape index (κ1) is 23.1. The van der Waals surface area contributed by atoms with Gasteiger partial charge in [-0.3, -0.25) is 9.59 Å². The van der Waals surface area contributed by atoms with Gasteiger partial charge >= 0.3 is 0 Å². The molecule has 1 atom stereocenters. The van der Waals surface area contributed by atoms with Crippen LogP contribution in [0.5, 0.6) is 5.75 Å². The summed E-state index contributed by atoms with van der Waals surface area (Å²) in [5.41, 5.74) is 0.818. The zero-order chi connectivity index (χ0) is 22.7. The second kappa shape index (κ2) is 9.73. The number of rotatable bonds is 7. The minimum absolute atomic E-state index is 0.0299. The van der Waals surface area contributed by atoms with Gasteiger partial charge in [0, 0.05) is 17.7 Å². The summed E-state index contributed by atoms with van der Waals surface area (Å²) in [5.74, 6) is -1.35. The average Bonchev–Trinajstić information content (AvgIpc) is 2.99. The van der Waals surface area contributed by atoms with Crippen LogP contribution in [0, 0.1) is 0 Å². The van der Waals surface area contributed by atoms with Crippen molar-refractivity contribution in [1.82, 2.24) is 4.90 Å². The minimum Gasteiger partial charge on any atom is -0.507 e. The molecule has 3 rings (SSSR count). The number of benzene rings is 2. The van der Waals surface area contributed by atoms with Crippen molar-refractivity contribution in [2.45, 2.75) is 26.0 Å². The zero-order valence-corrected chi connectivity index (χ0v) is 18.9. The molecule has 0 radical (unpaired) electrons. The number of aliphatic hydroxyl groups excluding tert-OH is 1. The number of ketones is 1. The maximum atomic E-state index is 13.0. The molecule has 1 amide bonds. The standard InChI is InChI=1S/C23H23Cl2NO5/c1-13(2)31-11-10-26-20(15-6-4-5-7-18(15)30-3)19(22(28)23(26)29)21(27)14-8-9-16(24)17(25)12-14/h4-9,12-13,20,27H,10-11H2,1-3H3/b21-19+. The fraction of sp³-hybridized carbons (Fsp3) is 0.304. The molecule has 1 saturated heterocycles. The number of hydrogen-bond acceptors (Lipinski definition) is 5. The van der Waals surface area contributed by atoms with E-state index in [4.69, 9.17) is 32.7 Å². The van der Waals surface area contributed by atoms with Crippen molar-refractivity contribution in [2.75, 3.05) is 20.3 Å². The molecule has 1 aliphatic heterocycles. The number of hydrogen-bond donors (Lipinski definition) is 1. The van der Waals surface area contributed by atoms with E-state index in [2.05, 4.69) is 0 Å². The molecule has 0 spiro atoms. The van der Waals surface area contributed by atoms with Gasteiger partial charge in [-0.25, -0.2) is 0 Å². The third-order valence-electron chi connectivity index (χ3n) is 4.95. The maximum absolute atomic E-state index is 13.0. The number of likely N-dealkylation sites (tertiary alicyclic amines) is 1. The van der Waals surface area contributed by atoms with Gasteiger partial charge in [-0.2, -0.15) is 0 Å². The highest BCUT2D eigenvalue weighted by molar-refractivity contribution is 6.47. The van der Waals surface area contributed by atoms with Gasteiger partial charge in [-0.05, 0) is 38.1 Å². The Labute approximate surface area is 191 Å². The summed E-state index contributed by atoms with van der Waals surface area (Å²) in [6, 6.07) is 10.7. The molecule has 1 unspecified atom stereocenters. The maximum Gasteiger partial charge on any atom is 0.295 e. The third kappa shape index (κ3) is 4.71. The second-order valence-electron chi connectivity index (χ2n) is 7.28. The van der Waals surface area contributed by atoms with Crippen molar-refractivity contribution in [3.8, 4) is 5.75 Å². The van der Waals surface area contributed by atoms with E-state index in [-0.39, 0.29) is 41.2 Å². The number of carbonyl (C=O) groups excluding carboxylic acids is 2. The SMILES string of the molecule is COc1ccccc1C1/C(=C(\O)c2ccc(Cl)c(Cl)c2)C(=O)C(=O)N1CCOC(C)C. The first-order chi connectivity index (χ1) is 14.8. The number of aliphatic hydroxyl groups is 1. The van der Waals surface area contributed by atoms with Crippen LogP contribution in [0.15, 0.2) is 48.0 Å².